The molecule has 1 heterocycles. The Hall–Kier alpha value is -2.32. The first kappa shape index (κ1) is 24.4. The van der Waals surface area contributed by atoms with E-state index in [9.17, 15) is 19.2 Å². The van der Waals surface area contributed by atoms with E-state index in [-0.39, 0.29) is 17.9 Å². The maximum absolute atomic E-state index is 13.3. The molecule has 4 N–H and O–H groups in total. The molecule has 1 saturated heterocycles. The average Bonchev–Trinajstić information content (AvgIpc) is 3.68. The lowest BCUT2D eigenvalue weighted by Gasteiger charge is -2.28. The van der Waals surface area contributed by atoms with Crippen LogP contribution in [0.2, 0.25) is 0 Å². The van der Waals surface area contributed by atoms with E-state index in [1.807, 2.05) is 0 Å². The van der Waals surface area contributed by atoms with Crippen molar-refractivity contribution in [1.29, 1.82) is 0 Å². The first-order chi connectivity index (χ1) is 16.7. The number of carbonyl (C=O) groups is 4. The molecule has 3 amide bonds. The summed E-state index contributed by atoms with van der Waals surface area (Å²) in [7, 11) is 0. The molecule has 0 aromatic heterocycles. The second kappa shape index (κ2) is 9.28. The zero-order chi connectivity index (χ0) is 24.8. The fourth-order valence-electron chi connectivity index (χ4n) is 7.17. The highest BCUT2D eigenvalue weighted by molar-refractivity contribution is 5.91. The molecule has 0 aromatic rings. The van der Waals surface area contributed by atoms with Crippen LogP contribution < -0.4 is 11.1 Å². The van der Waals surface area contributed by atoms with Crippen LogP contribution in [0.4, 0.5) is 4.79 Å². The highest BCUT2D eigenvalue weighted by Crippen LogP contribution is 2.93. The van der Waals surface area contributed by atoms with E-state index in [4.69, 9.17) is 15.6 Å². The number of likely N-dealkylation sites (tertiary alicyclic amines) is 1. The fraction of sp³-hybridized carbons (Fsp3) is 0.846. The minimum atomic E-state index is -0.716. The van der Waals surface area contributed by atoms with E-state index in [1.165, 1.54) is 17.7 Å². The molecular formula is C26H39N3O6. The van der Waals surface area contributed by atoms with Crippen LogP contribution in [0.1, 0.15) is 89.9 Å². The van der Waals surface area contributed by atoms with Gasteiger partial charge in [0.2, 0.25) is 11.8 Å². The number of carbonyl (C=O) groups excluding carboxylic acids is 3. The number of amides is 3. The summed E-state index contributed by atoms with van der Waals surface area (Å²) in [5.74, 6) is -1.21. The van der Waals surface area contributed by atoms with Crippen molar-refractivity contribution in [3.05, 3.63) is 0 Å². The molecule has 4 atom stereocenters. The lowest BCUT2D eigenvalue weighted by molar-refractivity contribution is -0.139. The van der Waals surface area contributed by atoms with Crippen LogP contribution in [0.15, 0.2) is 0 Å². The second-order valence-corrected chi connectivity index (χ2v) is 11.9. The number of nitrogens with two attached hydrogens (primary N) is 1. The molecule has 0 bridgehead atoms. The second-order valence-electron chi connectivity index (χ2n) is 11.9. The largest absolute Gasteiger partial charge is 0.481 e. The number of nitrogens with one attached hydrogen (secondary N) is 1. The number of primary amides is 1. The molecule has 5 rings (SSSR count). The van der Waals surface area contributed by atoms with Gasteiger partial charge >= 0.3 is 12.1 Å². The van der Waals surface area contributed by atoms with E-state index in [0.29, 0.717) is 36.1 Å². The Morgan fingerprint density at radius 2 is 1.74 bits per heavy atom. The van der Waals surface area contributed by atoms with Crippen molar-refractivity contribution in [3.8, 4) is 0 Å². The number of rotatable bonds is 13. The Kier molecular flexibility index (Phi) is 6.46. The van der Waals surface area contributed by atoms with Gasteiger partial charge in [-0.15, -0.1) is 0 Å². The molecule has 9 nitrogen and oxygen atoms in total. The van der Waals surface area contributed by atoms with Gasteiger partial charge in [0, 0.05) is 6.54 Å². The Bertz CT molecular complexity index is 868. The maximum Gasteiger partial charge on any atom is 0.408 e. The smallest absolute Gasteiger partial charge is 0.408 e. The fourth-order valence-corrected chi connectivity index (χ4v) is 7.17. The van der Waals surface area contributed by atoms with Crippen molar-refractivity contribution in [2.24, 2.45) is 28.4 Å². The van der Waals surface area contributed by atoms with Crippen molar-refractivity contribution in [1.82, 2.24) is 10.2 Å². The number of carboxylic acids is 1. The van der Waals surface area contributed by atoms with Gasteiger partial charge < -0.3 is 25.8 Å². The van der Waals surface area contributed by atoms with Crippen molar-refractivity contribution < 1.29 is 29.0 Å². The number of aliphatic carboxylic acids is 1. The number of unbranched alkanes of at least 4 members (excludes halogenated alkanes) is 4. The average molecular weight is 490 g/mol. The van der Waals surface area contributed by atoms with Gasteiger partial charge in [-0.3, -0.25) is 14.4 Å². The quantitative estimate of drug-likeness (QED) is 0.340. The lowest BCUT2D eigenvalue weighted by atomic mass is 9.98. The molecule has 0 spiro atoms. The summed E-state index contributed by atoms with van der Waals surface area (Å²) in [5.41, 5.74) is 6.44. The van der Waals surface area contributed by atoms with E-state index >= 15 is 0 Å². The summed E-state index contributed by atoms with van der Waals surface area (Å²) in [6.45, 7) is 0.478. The third-order valence-corrected chi connectivity index (χ3v) is 9.50. The molecule has 194 valence electrons. The third-order valence-electron chi connectivity index (χ3n) is 9.50. The Balaban J connectivity index is 1.06. The highest BCUT2D eigenvalue weighted by Gasteiger charge is 2.86. The van der Waals surface area contributed by atoms with Crippen molar-refractivity contribution in [3.63, 3.8) is 0 Å². The molecule has 0 radical (unpaired) electrons. The summed E-state index contributed by atoms with van der Waals surface area (Å²) in [5, 5.41) is 11.8. The van der Waals surface area contributed by atoms with Crippen LogP contribution >= 0.6 is 0 Å². The SMILES string of the molecule is NC(=O)[C@@H]1CCCN1C(=O)[C@H](CCCCCCC[C@@H]1C[C@@H]1C(=O)O)NC(=O)OC1CC23CC2(C1)C3. The van der Waals surface area contributed by atoms with Crippen LogP contribution in [0, 0.1) is 22.7 Å². The minimum Gasteiger partial charge on any atom is -0.481 e. The van der Waals surface area contributed by atoms with Crippen LogP contribution in [-0.4, -0.2) is 58.6 Å². The molecule has 9 heteroatoms. The Morgan fingerprint density at radius 1 is 1.06 bits per heavy atom. The number of alkyl carbamates (subject to hydrolysis) is 1. The molecule has 4 aliphatic carbocycles. The monoisotopic (exact) mass is 489 g/mol. The van der Waals surface area contributed by atoms with Gasteiger partial charge in [0.25, 0.3) is 0 Å². The van der Waals surface area contributed by atoms with Crippen molar-refractivity contribution in [2.75, 3.05) is 6.54 Å². The van der Waals surface area contributed by atoms with Gasteiger partial charge in [0.1, 0.15) is 18.2 Å². The zero-order valence-electron chi connectivity index (χ0n) is 20.5. The number of carboxylic acid groups (broad SMARTS) is 1. The molecular weight excluding hydrogens is 450 g/mol. The standard InChI is InChI=1S/C26H39N3O6/c27-21(30)20-9-6-10-29(20)22(31)19(8-5-3-1-2-4-7-16-11-18(16)23(32)33)28-24(34)35-17-12-25-14-26(25,13-17)15-25/h16-20H,1-15H2,(H2,27,30)(H,28,34)(H,32,33)/t16-,17?,18+,19+,20+,25?,26?/m1/s1. The highest BCUT2D eigenvalue weighted by atomic mass is 16.6. The first-order valence-electron chi connectivity index (χ1n) is 13.5. The van der Waals surface area contributed by atoms with Gasteiger partial charge in [-0.2, -0.15) is 0 Å². The Labute approximate surface area is 206 Å². The minimum absolute atomic E-state index is 0.0504. The lowest BCUT2D eigenvalue weighted by Crippen LogP contribution is -2.53. The zero-order valence-corrected chi connectivity index (χ0v) is 20.5. The van der Waals surface area contributed by atoms with Gasteiger partial charge in [-0.1, -0.05) is 32.1 Å². The molecule has 0 unspecified atom stereocenters. The predicted octanol–water partition coefficient (Wildman–Crippen LogP) is 2.95. The van der Waals surface area contributed by atoms with Crippen LogP contribution in [-0.2, 0) is 19.1 Å². The van der Waals surface area contributed by atoms with E-state index in [1.54, 1.807) is 0 Å². The Morgan fingerprint density at radius 3 is 2.40 bits per heavy atom. The first-order valence-corrected chi connectivity index (χ1v) is 13.5. The van der Waals surface area contributed by atoms with Gasteiger partial charge in [0.05, 0.1) is 5.92 Å². The van der Waals surface area contributed by atoms with E-state index in [0.717, 1.165) is 64.2 Å². The van der Waals surface area contributed by atoms with Gasteiger partial charge in [0.15, 0.2) is 0 Å². The number of hydrogen-bond donors (Lipinski definition) is 3. The third kappa shape index (κ3) is 5.00. The van der Waals surface area contributed by atoms with Crippen molar-refractivity contribution in [2.45, 2.75) is 108 Å². The molecule has 4 saturated carbocycles. The van der Waals surface area contributed by atoms with Crippen LogP contribution in [0.5, 0.6) is 0 Å². The molecule has 0 aromatic carbocycles. The topological polar surface area (TPSA) is 139 Å². The summed E-state index contributed by atoms with van der Waals surface area (Å²) in [4.78, 5) is 50.2. The summed E-state index contributed by atoms with van der Waals surface area (Å²) in [6.07, 6.45) is 12.2. The van der Waals surface area contributed by atoms with Crippen molar-refractivity contribution >= 4 is 23.9 Å². The number of nitrogens with zero attached hydrogens (tertiary/aromatic N) is 1. The van der Waals surface area contributed by atoms with E-state index in [2.05, 4.69) is 5.32 Å². The van der Waals surface area contributed by atoms with E-state index < -0.39 is 30.1 Å². The predicted molar refractivity (Wildman–Crippen MR) is 126 cm³/mol. The molecule has 1 aliphatic heterocycles. The maximum atomic E-state index is 13.3. The van der Waals surface area contributed by atoms with Gasteiger partial charge in [-0.25, -0.2) is 4.79 Å². The number of hydrogen-bond acceptors (Lipinski definition) is 5. The van der Waals surface area contributed by atoms with Crippen LogP contribution in [0.25, 0.3) is 0 Å². The summed E-state index contributed by atoms with van der Waals surface area (Å²) >= 11 is 0. The molecule has 35 heavy (non-hydrogen) atoms. The molecule has 5 aliphatic rings. The summed E-state index contributed by atoms with van der Waals surface area (Å²) < 4.78 is 5.68. The summed E-state index contributed by atoms with van der Waals surface area (Å²) in [6, 6.07) is -1.32. The number of ether oxygens (including phenoxy) is 1. The van der Waals surface area contributed by atoms with Gasteiger partial charge in [-0.05, 0) is 74.5 Å². The van der Waals surface area contributed by atoms with Crippen LogP contribution in [0.3, 0.4) is 0 Å². The normalized spacial score (nSPS) is 36.6. The molecule has 5 fully saturated rings.